The van der Waals surface area contributed by atoms with E-state index in [1.165, 1.54) is 18.4 Å². The fourth-order valence-corrected chi connectivity index (χ4v) is 5.81. The Morgan fingerprint density at radius 1 is 1.24 bits per heavy atom. The van der Waals surface area contributed by atoms with Crippen LogP contribution in [-0.4, -0.2) is 18.0 Å². The lowest BCUT2D eigenvalue weighted by Crippen LogP contribution is -2.45. The summed E-state index contributed by atoms with van der Waals surface area (Å²) in [5.41, 5.74) is 1.28. The normalized spacial score (nSPS) is 41.3. The lowest BCUT2D eigenvalue weighted by Gasteiger charge is -2.43. The average Bonchev–Trinajstić information content (AvgIpc) is 3.06. The number of ether oxygens (including phenoxy) is 1. The van der Waals surface area contributed by atoms with Crippen LogP contribution in [0, 0.1) is 11.3 Å². The topological polar surface area (TPSA) is 26.3 Å². The number of hydrogen-bond donors (Lipinski definition) is 0. The summed E-state index contributed by atoms with van der Waals surface area (Å²) >= 11 is 0. The van der Waals surface area contributed by atoms with Gasteiger partial charge in [0, 0.05) is 11.8 Å². The van der Waals surface area contributed by atoms with Crippen molar-refractivity contribution >= 4 is 5.78 Å². The van der Waals surface area contributed by atoms with Crippen molar-refractivity contribution in [1.29, 1.82) is 0 Å². The van der Waals surface area contributed by atoms with Crippen LogP contribution in [0.1, 0.15) is 56.9 Å². The van der Waals surface area contributed by atoms with Gasteiger partial charge < -0.3 is 4.74 Å². The predicted molar refractivity (Wildman–Crippen MR) is 82.2 cm³/mol. The van der Waals surface area contributed by atoms with Crippen LogP contribution in [0.4, 0.5) is 0 Å². The van der Waals surface area contributed by atoms with E-state index < -0.39 is 0 Å². The van der Waals surface area contributed by atoms with Crippen LogP contribution in [0.5, 0.6) is 0 Å². The first-order valence-corrected chi connectivity index (χ1v) is 8.45. The molecule has 0 N–H and O–H groups in total. The van der Waals surface area contributed by atoms with Crippen LogP contribution < -0.4 is 0 Å². The summed E-state index contributed by atoms with van der Waals surface area (Å²) in [6.45, 7) is 3.04. The summed E-state index contributed by atoms with van der Waals surface area (Å²) in [6, 6.07) is 10.5. The van der Waals surface area contributed by atoms with Gasteiger partial charge >= 0.3 is 0 Å². The van der Waals surface area contributed by atoms with Crippen LogP contribution in [0.25, 0.3) is 0 Å². The maximum atomic E-state index is 12.8. The van der Waals surface area contributed by atoms with Crippen molar-refractivity contribution in [1.82, 2.24) is 0 Å². The Bertz CT molecular complexity index is 548. The molecule has 1 saturated heterocycles. The van der Waals surface area contributed by atoms with Crippen LogP contribution in [-0.2, 0) is 9.53 Å². The SMILES string of the molecule is CCCC12CCCC13C(CO2)CC(=O)C3c1ccccc1. The Kier molecular flexibility index (Phi) is 3.01. The van der Waals surface area contributed by atoms with Gasteiger partial charge in [0.2, 0.25) is 0 Å². The van der Waals surface area contributed by atoms with E-state index in [4.69, 9.17) is 4.74 Å². The zero-order valence-electron chi connectivity index (χ0n) is 12.8. The minimum Gasteiger partial charge on any atom is -0.374 e. The standard InChI is InChI=1S/C19H24O2/c1-2-9-18-10-6-11-19(18)15(13-21-18)12-16(20)17(19)14-7-4-3-5-8-14/h3-5,7-8,15,17H,2,6,9-13H2,1H3. The molecule has 1 aromatic carbocycles. The van der Waals surface area contributed by atoms with Crippen LogP contribution >= 0.6 is 0 Å². The molecule has 21 heavy (non-hydrogen) atoms. The highest BCUT2D eigenvalue weighted by Crippen LogP contribution is 2.69. The van der Waals surface area contributed by atoms with Gasteiger partial charge in [-0.05, 0) is 37.2 Å². The molecule has 4 atom stereocenters. The first-order valence-electron chi connectivity index (χ1n) is 8.45. The van der Waals surface area contributed by atoms with E-state index in [0.29, 0.717) is 11.7 Å². The molecule has 4 rings (SSSR count). The molecule has 1 aromatic rings. The molecule has 0 radical (unpaired) electrons. The Hall–Kier alpha value is -1.15. The highest BCUT2D eigenvalue weighted by Gasteiger charge is 2.71. The Balaban J connectivity index is 1.85. The third-order valence-corrected chi connectivity index (χ3v) is 6.38. The molecule has 4 unspecified atom stereocenters. The van der Waals surface area contributed by atoms with Crippen molar-refractivity contribution in [3.05, 3.63) is 35.9 Å². The second-order valence-corrected chi connectivity index (χ2v) is 7.16. The predicted octanol–water partition coefficient (Wildman–Crippen LogP) is 4.10. The van der Waals surface area contributed by atoms with Crippen molar-refractivity contribution in [2.45, 2.75) is 57.0 Å². The second kappa shape index (κ2) is 4.67. The van der Waals surface area contributed by atoms with E-state index in [-0.39, 0.29) is 16.9 Å². The summed E-state index contributed by atoms with van der Waals surface area (Å²) in [5.74, 6) is 0.974. The Morgan fingerprint density at radius 2 is 2.05 bits per heavy atom. The summed E-state index contributed by atoms with van der Waals surface area (Å²) < 4.78 is 6.41. The summed E-state index contributed by atoms with van der Waals surface area (Å²) in [7, 11) is 0. The highest BCUT2D eigenvalue weighted by atomic mass is 16.5. The third-order valence-electron chi connectivity index (χ3n) is 6.38. The number of rotatable bonds is 3. The first kappa shape index (κ1) is 13.5. The molecule has 3 fully saturated rings. The number of hydrogen-bond acceptors (Lipinski definition) is 2. The molecule has 0 aromatic heterocycles. The number of benzene rings is 1. The maximum absolute atomic E-state index is 12.8. The van der Waals surface area contributed by atoms with E-state index >= 15 is 0 Å². The molecule has 2 heteroatoms. The van der Waals surface area contributed by atoms with Crippen molar-refractivity contribution in [3.63, 3.8) is 0 Å². The van der Waals surface area contributed by atoms with Crippen LogP contribution in [0.2, 0.25) is 0 Å². The molecule has 1 heterocycles. The fourth-order valence-electron chi connectivity index (χ4n) is 5.81. The first-order chi connectivity index (χ1) is 10.2. The van der Waals surface area contributed by atoms with Gasteiger partial charge in [0.1, 0.15) is 5.78 Å². The molecule has 3 aliphatic rings. The van der Waals surface area contributed by atoms with Gasteiger partial charge in [0.25, 0.3) is 0 Å². The van der Waals surface area contributed by atoms with Crippen molar-refractivity contribution in [2.24, 2.45) is 11.3 Å². The van der Waals surface area contributed by atoms with E-state index in [9.17, 15) is 4.79 Å². The molecule has 1 aliphatic heterocycles. The van der Waals surface area contributed by atoms with Crippen LogP contribution in [0.3, 0.4) is 0 Å². The fraction of sp³-hybridized carbons (Fsp3) is 0.632. The molecular weight excluding hydrogens is 260 g/mol. The van der Waals surface area contributed by atoms with Crippen molar-refractivity contribution in [2.75, 3.05) is 6.61 Å². The molecule has 1 spiro atoms. The third kappa shape index (κ3) is 1.60. The van der Waals surface area contributed by atoms with Gasteiger partial charge in [-0.1, -0.05) is 43.7 Å². The minimum absolute atomic E-state index is 0.0287. The minimum atomic E-state index is -0.0287. The molecule has 2 nitrogen and oxygen atoms in total. The highest BCUT2D eigenvalue weighted by molar-refractivity contribution is 5.90. The van der Waals surface area contributed by atoms with E-state index in [0.717, 1.165) is 32.3 Å². The van der Waals surface area contributed by atoms with Gasteiger partial charge in [0.05, 0.1) is 18.1 Å². The maximum Gasteiger partial charge on any atom is 0.141 e. The molecule has 0 amide bonds. The number of Topliss-reactive ketones (excluding diaryl/α,β-unsaturated/α-hetero) is 1. The second-order valence-electron chi connectivity index (χ2n) is 7.16. The quantitative estimate of drug-likeness (QED) is 0.835. The van der Waals surface area contributed by atoms with Crippen molar-refractivity contribution in [3.8, 4) is 0 Å². The van der Waals surface area contributed by atoms with Gasteiger partial charge in [0.15, 0.2) is 0 Å². The van der Waals surface area contributed by atoms with Crippen molar-refractivity contribution < 1.29 is 9.53 Å². The zero-order valence-corrected chi connectivity index (χ0v) is 12.8. The molecular formula is C19H24O2. The lowest BCUT2D eigenvalue weighted by atomic mass is 9.61. The summed E-state index contributed by atoms with van der Waals surface area (Å²) in [5, 5.41) is 0. The molecule has 2 aliphatic carbocycles. The molecule has 112 valence electrons. The van der Waals surface area contributed by atoms with E-state index in [2.05, 4.69) is 31.2 Å². The number of ketones is 1. The smallest absolute Gasteiger partial charge is 0.141 e. The van der Waals surface area contributed by atoms with Gasteiger partial charge in [-0.2, -0.15) is 0 Å². The summed E-state index contributed by atoms with van der Waals surface area (Å²) in [4.78, 5) is 12.8. The van der Waals surface area contributed by atoms with E-state index in [1.807, 2.05) is 6.07 Å². The lowest BCUT2D eigenvalue weighted by molar-refractivity contribution is -0.124. The van der Waals surface area contributed by atoms with Gasteiger partial charge in [-0.15, -0.1) is 0 Å². The zero-order chi connectivity index (χ0) is 14.5. The van der Waals surface area contributed by atoms with E-state index in [1.54, 1.807) is 0 Å². The average molecular weight is 284 g/mol. The van der Waals surface area contributed by atoms with Crippen LogP contribution in [0.15, 0.2) is 30.3 Å². The number of carbonyl (C=O) groups excluding carboxylic acids is 1. The largest absolute Gasteiger partial charge is 0.374 e. The molecule has 0 bridgehead atoms. The summed E-state index contributed by atoms with van der Waals surface area (Å²) in [6.07, 6.45) is 6.51. The Morgan fingerprint density at radius 3 is 2.81 bits per heavy atom. The monoisotopic (exact) mass is 284 g/mol. The number of carbonyl (C=O) groups is 1. The van der Waals surface area contributed by atoms with Gasteiger partial charge in [-0.25, -0.2) is 0 Å². The molecule has 2 saturated carbocycles. The Labute approximate surface area is 126 Å². The van der Waals surface area contributed by atoms with Gasteiger partial charge in [-0.3, -0.25) is 4.79 Å².